The Morgan fingerprint density at radius 1 is 1.27 bits per heavy atom. The second-order valence-electron chi connectivity index (χ2n) is 4.15. The second kappa shape index (κ2) is 3.35. The predicted molar refractivity (Wildman–Crippen MR) is 59.3 cm³/mol. The van der Waals surface area contributed by atoms with Crippen LogP contribution in [0.4, 0.5) is 5.69 Å². The van der Waals surface area contributed by atoms with Gasteiger partial charge in [0, 0.05) is 38.2 Å². The van der Waals surface area contributed by atoms with Crippen LogP contribution >= 0.6 is 0 Å². The number of nitrogens with zero attached hydrogens (tertiary/aromatic N) is 1. The number of Topliss-reactive ketones (excluding diaryl/α,β-unsaturated/α-hetero) is 1. The zero-order valence-corrected chi connectivity index (χ0v) is 8.62. The van der Waals surface area contributed by atoms with E-state index >= 15 is 0 Å². The van der Waals surface area contributed by atoms with Crippen molar-refractivity contribution in [3.05, 3.63) is 29.3 Å². The number of rotatable bonds is 0. The van der Waals surface area contributed by atoms with Crippen LogP contribution in [-0.4, -0.2) is 25.4 Å². The lowest BCUT2D eigenvalue weighted by Gasteiger charge is -2.30. The van der Waals surface area contributed by atoms with E-state index in [0.717, 1.165) is 31.7 Å². The van der Waals surface area contributed by atoms with Crippen LogP contribution in [0.1, 0.15) is 22.3 Å². The maximum atomic E-state index is 11.8. The minimum atomic E-state index is 0.296. The molecular formula is C12H14N2O. The highest BCUT2D eigenvalue weighted by Crippen LogP contribution is 2.31. The van der Waals surface area contributed by atoms with Crippen LogP contribution in [0.25, 0.3) is 0 Å². The van der Waals surface area contributed by atoms with Gasteiger partial charge in [0.1, 0.15) is 0 Å². The lowest BCUT2D eigenvalue weighted by Crippen LogP contribution is -2.35. The van der Waals surface area contributed by atoms with Crippen LogP contribution in [0.5, 0.6) is 0 Å². The minimum Gasteiger partial charge on any atom is -0.369 e. The van der Waals surface area contributed by atoms with Gasteiger partial charge >= 0.3 is 0 Å². The molecule has 0 aliphatic carbocycles. The third-order valence-electron chi connectivity index (χ3n) is 3.22. The molecular weight excluding hydrogens is 188 g/mol. The average Bonchev–Trinajstić information content (AvgIpc) is 2.47. The molecule has 0 radical (unpaired) electrons. The van der Waals surface area contributed by atoms with Crippen molar-refractivity contribution in [2.75, 3.05) is 24.5 Å². The van der Waals surface area contributed by atoms with E-state index < -0.39 is 0 Å². The van der Waals surface area contributed by atoms with E-state index in [9.17, 15) is 4.79 Å². The number of hydrogen-bond acceptors (Lipinski definition) is 3. The van der Waals surface area contributed by atoms with E-state index in [1.165, 1.54) is 11.3 Å². The maximum Gasteiger partial charge on any atom is 0.166 e. The molecule has 2 aliphatic rings. The highest BCUT2D eigenvalue weighted by atomic mass is 16.1. The first-order chi connectivity index (χ1) is 7.36. The number of nitrogens with one attached hydrogen (secondary N) is 1. The van der Waals surface area contributed by atoms with Crippen molar-refractivity contribution in [3.63, 3.8) is 0 Å². The average molecular weight is 202 g/mol. The summed E-state index contributed by atoms with van der Waals surface area (Å²) in [4.78, 5) is 14.1. The number of anilines is 1. The van der Waals surface area contributed by atoms with Crippen LogP contribution < -0.4 is 10.2 Å². The van der Waals surface area contributed by atoms with Crippen LogP contribution in [-0.2, 0) is 6.54 Å². The van der Waals surface area contributed by atoms with Crippen molar-refractivity contribution in [2.24, 2.45) is 0 Å². The molecule has 0 aromatic heterocycles. The van der Waals surface area contributed by atoms with Gasteiger partial charge in [-0.3, -0.25) is 4.79 Å². The number of para-hydroxylation sites is 1. The molecule has 1 aromatic carbocycles. The van der Waals surface area contributed by atoms with E-state index in [0.29, 0.717) is 12.2 Å². The Balaban J connectivity index is 2.19. The van der Waals surface area contributed by atoms with Gasteiger partial charge in [-0.15, -0.1) is 0 Å². The number of carbonyl (C=O) groups excluding carboxylic acids is 1. The highest BCUT2D eigenvalue weighted by molar-refractivity contribution is 6.04. The molecule has 2 aliphatic heterocycles. The van der Waals surface area contributed by atoms with E-state index in [4.69, 9.17) is 0 Å². The Labute approximate surface area is 89.1 Å². The van der Waals surface area contributed by atoms with Crippen molar-refractivity contribution >= 4 is 11.5 Å². The lowest BCUT2D eigenvalue weighted by molar-refractivity contribution is 0.0980. The van der Waals surface area contributed by atoms with Crippen LogP contribution in [0.15, 0.2) is 18.2 Å². The second-order valence-corrected chi connectivity index (χ2v) is 4.15. The molecule has 15 heavy (non-hydrogen) atoms. The maximum absolute atomic E-state index is 11.8. The topological polar surface area (TPSA) is 32.3 Å². The quantitative estimate of drug-likeness (QED) is 0.685. The summed E-state index contributed by atoms with van der Waals surface area (Å²) in [6.07, 6.45) is 0.663. The van der Waals surface area contributed by atoms with E-state index in [1.54, 1.807) is 0 Å². The molecule has 3 nitrogen and oxygen atoms in total. The summed E-state index contributed by atoms with van der Waals surface area (Å²) in [5.41, 5.74) is 3.36. The molecule has 0 unspecified atom stereocenters. The van der Waals surface area contributed by atoms with Crippen molar-refractivity contribution in [1.82, 2.24) is 5.32 Å². The van der Waals surface area contributed by atoms with Gasteiger partial charge in [0.15, 0.2) is 5.78 Å². The van der Waals surface area contributed by atoms with E-state index in [1.807, 2.05) is 12.1 Å². The van der Waals surface area contributed by atoms with Crippen LogP contribution in [0.2, 0.25) is 0 Å². The van der Waals surface area contributed by atoms with Crippen LogP contribution in [0, 0.1) is 0 Å². The first kappa shape index (κ1) is 8.92. The Morgan fingerprint density at radius 3 is 3.13 bits per heavy atom. The smallest absolute Gasteiger partial charge is 0.166 e. The first-order valence-corrected chi connectivity index (χ1v) is 5.47. The Kier molecular flexibility index (Phi) is 1.99. The van der Waals surface area contributed by atoms with Gasteiger partial charge in [-0.25, -0.2) is 0 Å². The Morgan fingerprint density at radius 2 is 2.20 bits per heavy atom. The van der Waals surface area contributed by atoms with Gasteiger partial charge in [0.05, 0.1) is 5.69 Å². The molecule has 78 valence electrons. The summed E-state index contributed by atoms with van der Waals surface area (Å²) in [6, 6.07) is 6.06. The van der Waals surface area contributed by atoms with Gasteiger partial charge in [0.2, 0.25) is 0 Å². The summed E-state index contributed by atoms with van der Waals surface area (Å²) < 4.78 is 0. The minimum absolute atomic E-state index is 0.296. The zero-order valence-electron chi connectivity index (χ0n) is 8.62. The van der Waals surface area contributed by atoms with Gasteiger partial charge in [0.25, 0.3) is 0 Å². The third kappa shape index (κ3) is 1.35. The molecule has 0 fully saturated rings. The molecule has 0 atom stereocenters. The van der Waals surface area contributed by atoms with E-state index in [-0.39, 0.29) is 0 Å². The third-order valence-corrected chi connectivity index (χ3v) is 3.22. The SMILES string of the molecule is O=C1CCN2CCNCc3cccc1c32. The largest absolute Gasteiger partial charge is 0.369 e. The fourth-order valence-corrected chi connectivity index (χ4v) is 2.48. The van der Waals surface area contributed by atoms with Gasteiger partial charge in [-0.05, 0) is 11.6 Å². The Bertz CT molecular complexity index is 414. The van der Waals surface area contributed by atoms with E-state index in [2.05, 4.69) is 16.3 Å². The van der Waals surface area contributed by atoms with Crippen molar-refractivity contribution in [2.45, 2.75) is 13.0 Å². The number of benzene rings is 1. The fraction of sp³-hybridized carbons (Fsp3) is 0.417. The summed E-state index contributed by atoms with van der Waals surface area (Å²) >= 11 is 0. The number of carbonyl (C=O) groups is 1. The monoisotopic (exact) mass is 202 g/mol. The fourth-order valence-electron chi connectivity index (χ4n) is 2.48. The number of ketones is 1. The van der Waals surface area contributed by atoms with Crippen LogP contribution in [0.3, 0.4) is 0 Å². The molecule has 3 rings (SSSR count). The molecule has 1 N–H and O–H groups in total. The molecule has 1 aromatic rings. The highest BCUT2D eigenvalue weighted by Gasteiger charge is 2.26. The molecule has 0 amide bonds. The summed E-state index contributed by atoms with van der Waals surface area (Å²) in [5, 5.41) is 3.38. The first-order valence-electron chi connectivity index (χ1n) is 5.47. The molecule has 0 saturated carbocycles. The number of hydrogen-bond donors (Lipinski definition) is 1. The van der Waals surface area contributed by atoms with Crippen molar-refractivity contribution in [1.29, 1.82) is 0 Å². The van der Waals surface area contributed by atoms with Gasteiger partial charge < -0.3 is 10.2 Å². The summed E-state index contributed by atoms with van der Waals surface area (Å²) in [5.74, 6) is 0.296. The Hall–Kier alpha value is -1.35. The molecule has 3 heteroatoms. The zero-order chi connectivity index (χ0) is 10.3. The molecule has 0 saturated heterocycles. The predicted octanol–water partition coefficient (Wildman–Crippen LogP) is 1.18. The lowest BCUT2D eigenvalue weighted by atomic mass is 9.97. The van der Waals surface area contributed by atoms with Gasteiger partial charge in [-0.2, -0.15) is 0 Å². The molecule has 2 heterocycles. The standard InChI is InChI=1S/C12H14N2O/c15-11-4-6-14-7-5-13-8-9-2-1-3-10(11)12(9)14/h1-3,13H,4-8H2. The normalized spacial score (nSPS) is 19.7. The molecule has 0 bridgehead atoms. The van der Waals surface area contributed by atoms with Crippen molar-refractivity contribution < 1.29 is 4.79 Å². The summed E-state index contributed by atoms with van der Waals surface area (Å²) in [6.45, 7) is 3.77. The summed E-state index contributed by atoms with van der Waals surface area (Å²) in [7, 11) is 0. The van der Waals surface area contributed by atoms with Crippen molar-refractivity contribution in [3.8, 4) is 0 Å². The molecule has 0 spiro atoms. The van der Waals surface area contributed by atoms with Gasteiger partial charge in [-0.1, -0.05) is 12.1 Å².